The van der Waals surface area contributed by atoms with Gasteiger partial charge in [0.25, 0.3) is 5.56 Å². The van der Waals surface area contributed by atoms with Crippen molar-refractivity contribution in [3.05, 3.63) is 63.0 Å². The molecule has 0 bridgehead atoms. The summed E-state index contributed by atoms with van der Waals surface area (Å²) in [6.45, 7) is 7.17. The molecule has 0 fully saturated rings. The van der Waals surface area contributed by atoms with E-state index in [0.29, 0.717) is 12.5 Å². The average Bonchev–Trinajstić information content (AvgIpc) is 3.03. The number of thiazole rings is 1. The second kappa shape index (κ2) is 8.06. The molecule has 3 rings (SSSR count). The molecule has 0 aliphatic rings. The number of thioether (sulfide) groups is 1. The van der Waals surface area contributed by atoms with E-state index < -0.39 is 0 Å². The molecule has 0 unspecified atom stereocenters. The summed E-state index contributed by atoms with van der Waals surface area (Å²) in [6, 6.07) is 7.91. The van der Waals surface area contributed by atoms with E-state index in [4.69, 9.17) is 4.74 Å². The van der Waals surface area contributed by atoms with E-state index in [0.717, 1.165) is 27.9 Å². The van der Waals surface area contributed by atoms with Gasteiger partial charge in [0.2, 0.25) is 0 Å². The molecule has 0 aliphatic carbocycles. The van der Waals surface area contributed by atoms with Crippen LogP contribution in [0.1, 0.15) is 36.6 Å². The molecular weight excluding hydrogens is 352 g/mol. The predicted octanol–water partition coefficient (Wildman–Crippen LogP) is 4.50. The first-order chi connectivity index (χ1) is 12.0. The Bertz CT molecular complexity index is 915. The maximum absolute atomic E-state index is 11.9. The van der Waals surface area contributed by atoms with Crippen LogP contribution in [0.3, 0.4) is 0 Å². The molecule has 0 saturated heterocycles. The van der Waals surface area contributed by atoms with Crippen LogP contribution >= 0.6 is 23.1 Å². The monoisotopic (exact) mass is 374 g/mol. The Hall–Kier alpha value is -1.79. The molecule has 4 nitrogen and oxygen atoms in total. The van der Waals surface area contributed by atoms with Gasteiger partial charge in [0.15, 0.2) is 4.96 Å². The molecule has 0 N–H and O–H groups in total. The van der Waals surface area contributed by atoms with Crippen molar-refractivity contribution in [3.63, 3.8) is 0 Å². The Kier molecular flexibility index (Phi) is 5.81. The maximum Gasteiger partial charge on any atom is 0.258 e. The lowest BCUT2D eigenvalue weighted by Crippen LogP contribution is -2.12. The Balaban J connectivity index is 1.48. The van der Waals surface area contributed by atoms with Crippen molar-refractivity contribution in [2.75, 3.05) is 12.4 Å². The zero-order valence-corrected chi connectivity index (χ0v) is 16.3. The highest BCUT2D eigenvalue weighted by atomic mass is 32.2. The minimum atomic E-state index is -0.0150. The molecule has 0 atom stereocenters. The molecule has 132 valence electrons. The number of aromatic nitrogens is 2. The fraction of sp³-hybridized carbons (Fsp3) is 0.368. The predicted molar refractivity (Wildman–Crippen MR) is 106 cm³/mol. The van der Waals surface area contributed by atoms with Crippen molar-refractivity contribution >= 4 is 28.1 Å². The highest BCUT2D eigenvalue weighted by Crippen LogP contribution is 2.23. The Morgan fingerprint density at radius 3 is 2.92 bits per heavy atom. The van der Waals surface area contributed by atoms with Gasteiger partial charge in [-0.05, 0) is 36.1 Å². The molecule has 0 spiro atoms. The van der Waals surface area contributed by atoms with Gasteiger partial charge >= 0.3 is 0 Å². The van der Waals surface area contributed by atoms with Gasteiger partial charge in [0, 0.05) is 29.1 Å². The summed E-state index contributed by atoms with van der Waals surface area (Å²) in [5.41, 5.74) is 3.45. The van der Waals surface area contributed by atoms with Crippen LogP contribution in [0, 0.1) is 6.92 Å². The van der Waals surface area contributed by atoms with Gasteiger partial charge in [-0.25, -0.2) is 4.98 Å². The first-order valence-electron chi connectivity index (χ1n) is 8.31. The third-order valence-corrected chi connectivity index (χ3v) is 5.68. The van der Waals surface area contributed by atoms with Gasteiger partial charge in [0.1, 0.15) is 5.75 Å². The average molecular weight is 375 g/mol. The molecule has 2 heterocycles. The molecule has 0 saturated carbocycles. The third kappa shape index (κ3) is 4.44. The number of rotatable bonds is 7. The minimum Gasteiger partial charge on any atom is -0.493 e. The standard InChI is InChI=1S/C19H22N2O2S2/c1-13(2)17-5-4-16(10-14(17)3)23-7-9-24-12-15-11-18(22)21-6-8-25-19(21)20-15/h4-6,8,10-11,13H,7,9,12H2,1-3H3. The van der Waals surface area contributed by atoms with E-state index >= 15 is 0 Å². The quantitative estimate of drug-likeness (QED) is 0.571. The summed E-state index contributed by atoms with van der Waals surface area (Å²) in [6.07, 6.45) is 1.76. The lowest BCUT2D eigenvalue weighted by Gasteiger charge is -2.12. The molecule has 3 aromatic rings. The van der Waals surface area contributed by atoms with Crippen LogP contribution in [0.2, 0.25) is 0 Å². The van der Waals surface area contributed by atoms with Gasteiger partial charge in [-0.2, -0.15) is 11.8 Å². The van der Waals surface area contributed by atoms with Crippen LogP contribution in [0.4, 0.5) is 0 Å². The van der Waals surface area contributed by atoms with Crippen molar-refractivity contribution in [2.24, 2.45) is 0 Å². The maximum atomic E-state index is 11.9. The first kappa shape index (κ1) is 18.0. The van der Waals surface area contributed by atoms with Gasteiger partial charge in [-0.15, -0.1) is 11.3 Å². The SMILES string of the molecule is Cc1cc(OCCSCc2cc(=O)n3ccsc3n2)ccc1C(C)C. The summed E-state index contributed by atoms with van der Waals surface area (Å²) < 4.78 is 7.41. The number of benzene rings is 1. The van der Waals surface area contributed by atoms with E-state index in [-0.39, 0.29) is 5.56 Å². The molecule has 0 amide bonds. The van der Waals surface area contributed by atoms with Crippen molar-refractivity contribution in [3.8, 4) is 5.75 Å². The molecule has 1 aromatic carbocycles. The number of hydrogen-bond acceptors (Lipinski definition) is 5. The van der Waals surface area contributed by atoms with E-state index in [1.165, 1.54) is 22.5 Å². The lowest BCUT2D eigenvalue weighted by atomic mass is 9.98. The van der Waals surface area contributed by atoms with Gasteiger partial charge < -0.3 is 4.74 Å². The number of ether oxygens (including phenoxy) is 1. The smallest absolute Gasteiger partial charge is 0.258 e. The second-order valence-corrected chi connectivity index (χ2v) is 8.19. The summed E-state index contributed by atoms with van der Waals surface area (Å²) in [5, 5.41) is 1.88. The van der Waals surface area contributed by atoms with E-state index in [9.17, 15) is 4.79 Å². The Morgan fingerprint density at radius 2 is 2.16 bits per heavy atom. The molecule has 6 heteroatoms. The normalized spacial score (nSPS) is 11.4. The van der Waals surface area contributed by atoms with E-state index in [1.807, 2.05) is 11.4 Å². The summed E-state index contributed by atoms with van der Waals surface area (Å²) in [5.74, 6) is 3.02. The number of nitrogens with zero attached hydrogens (tertiary/aromatic N) is 2. The summed E-state index contributed by atoms with van der Waals surface area (Å²) >= 11 is 3.21. The van der Waals surface area contributed by atoms with Crippen molar-refractivity contribution in [1.29, 1.82) is 0 Å². The number of hydrogen-bond donors (Lipinski definition) is 0. The Morgan fingerprint density at radius 1 is 1.32 bits per heavy atom. The van der Waals surface area contributed by atoms with E-state index in [2.05, 4.69) is 37.9 Å². The second-order valence-electron chi connectivity index (χ2n) is 6.22. The Labute approximate surface area is 155 Å². The minimum absolute atomic E-state index is 0.0150. The summed E-state index contributed by atoms with van der Waals surface area (Å²) in [7, 11) is 0. The summed E-state index contributed by atoms with van der Waals surface area (Å²) in [4.78, 5) is 17.2. The largest absolute Gasteiger partial charge is 0.493 e. The zero-order valence-electron chi connectivity index (χ0n) is 14.7. The van der Waals surface area contributed by atoms with Crippen molar-refractivity contribution in [2.45, 2.75) is 32.4 Å². The van der Waals surface area contributed by atoms with Gasteiger partial charge in [0.05, 0.1) is 12.3 Å². The van der Waals surface area contributed by atoms with Gasteiger partial charge in [-0.3, -0.25) is 9.20 Å². The van der Waals surface area contributed by atoms with Gasteiger partial charge in [-0.1, -0.05) is 19.9 Å². The third-order valence-electron chi connectivity index (χ3n) is 3.97. The zero-order chi connectivity index (χ0) is 17.8. The molecule has 0 radical (unpaired) electrons. The van der Waals surface area contributed by atoms with Crippen LogP contribution in [-0.2, 0) is 5.75 Å². The fourth-order valence-electron chi connectivity index (χ4n) is 2.74. The van der Waals surface area contributed by atoms with Crippen LogP contribution in [-0.4, -0.2) is 21.7 Å². The van der Waals surface area contributed by atoms with Crippen molar-refractivity contribution < 1.29 is 4.74 Å². The van der Waals surface area contributed by atoms with Crippen LogP contribution < -0.4 is 10.3 Å². The van der Waals surface area contributed by atoms with Crippen molar-refractivity contribution in [1.82, 2.24) is 9.38 Å². The first-order valence-corrected chi connectivity index (χ1v) is 10.3. The highest BCUT2D eigenvalue weighted by molar-refractivity contribution is 7.98. The topological polar surface area (TPSA) is 43.6 Å². The molecule has 0 aliphatic heterocycles. The molecular formula is C19H22N2O2S2. The van der Waals surface area contributed by atoms with Crippen LogP contribution in [0.25, 0.3) is 4.96 Å². The molecule has 25 heavy (non-hydrogen) atoms. The number of aryl methyl sites for hydroxylation is 1. The van der Waals surface area contributed by atoms with Crippen LogP contribution in [0.15, 0.2) is 40.6 Å². The van der Waals surface area contributed by atoms with Crippen LogP contribution in [0.5, 0.6) is 5.75 Å². The van der Waals surface area contributed by atoms with E-state index in [1.54, 1.807) is 28.4 Å². The lowest BCUT2D eigenvalue weighted by molar-refractivity contribution is 0.343. The highest BCUT2D eigenvalue weighted by Gasteiger charge is 2.06. The molecule has 2 aromatic heterocycles. The number of fused-ring (bicyclic) bond motifs is 1. The fourth-order valence-corrected chi connectivity index (χ4v) is 4.18.